The smallest absolute Gasteiger partial charge is 0.251 e. The van der Waals surface area contributed by atoms with Gasteiger partial charge in [0.05, 0.1) is 5.69 Å². The van der Waals surface area contributed by atoms with Crippen LogP contribution in [-0.4, -0.2) is 28.6 Å². The number of ketones is 1. The second-order valence-corrected chi connectivity index (χ2v) is 4.19. The lowest BCUT2D eigenvalue weighted by atomic mass is 10.1. The van der Waals surface area contributed by atoms with E-state index in [0.29, 0.717) is 16.3 Å². The zero-order valence-electron chi connectivity index (χ0n) is 9.54. The van der Waals surface area contributed by atoms with Crippen LogP contribution in [0.15, 0.2) is 29.3 Å². The van der Waals surface area contributed by atoms with Gasteiger partial charge in [-0.25, -0.2) is 4.99 Å². The summed E-state index contributed by atoms with van der Waals surface area (Å²) in [6.07, 6.45) is 1.73. The van der Waals surface area contributed by atoms with Crippen LogP contribution in [0, 0.1) is 10.1 Å². The van der Waals surface area contributed by atoms with Gasteiger partial charge in [-0.1, -0.05) is 12.1 Å². The number of carbonyl (C=O) groups is 1. The molecule has 6 heteroatoms. The summed E-state index contributed by atoms with van der Waals surface area (Å²) < 4.78 is 0. The molecule has 0 saturated heterocycles. The third-order valence-electron chi connectivity index (χ3n) is 2.01. The lowest BCUT2D eigenvalue weighted by Gasteiger charge is -2.00. The van der Waals surface area contributed by atoms with Crippen molar-refractivity contribution >= 4 is 28.3 Å². The van der Waals surface area contributed by atoms with Crippen LogP contribution in [0.5, 0.6) is 0 Å². The van der Waals surface area contributed by atoms with Gasteiger partial charge < -0.3 is 0 Å². The fraction of sp³-hybridized carbons (Fsp3) is 0.273. The number of rotatable bonds is 4. The molecule has 0 heterocycles. The zero-order valence-corrected chi connectivity index (χ0v) is 10.4. The van der Waals surface area contributed by atoms with Gasteiger partial charge in [0.15, 0.2) is 5.78 Å². The molecule has 0 bridgehead atoms. The fourth-order valence-corrected chi connectivity index (χ4v) is 1.63. The van der Waals surface area contributed by atoms with E-state index in [1.165, 1.54) is 18.7 Å². The van der Waals surface area contributed by atoms with E-state index in [9.17, 15) is 14.9 Å². The van der Waals surface area contributed by atoms with Crippen LogP contribution in [0.1, 0.15) is 17.3 Å². The Hall–Kier alpha value is -1.69. The van der Waals surface area contributed by atoms with Crippen molar-refractivity contribution in [2.75, 3.05) is 12.8 Å². The highest BCUT2D eigenvalue weighted by atomic mass is 32.2. The zero-order chi connectivity index (χ0) is 12.8. The average Bonchev–Trinajstić information content (AvgIpc) is 2.28. The first kappa shape index (κ1) is 13.4. The van der Waals surface area contributed by atoms with Gasteiger partial charge in [-0.05, 0) is 25.3 Å². The monoisotopic (exact) mass is 252 g/mol. The van der Waals surface area contributed by atoms with Crippen molar-refractivity contribution in [2.24, 2.45) is 4.99 Å². The molecule has 1 rings (SSSR count). The Morgan fingerprint density at radius 3 is 2.76 bits per heavy atom. The SMILES string of the molecule is CSC(C[N+](=O)[O-])=Nc1cccc(C(C)=O)c1. The number of hydrogen-bond acceptors (Lipinski definition) is 5. The first-order valence-corrected chi connectivity index (χ1v) is 6.09. The summed E-state index contributed by atoms with van der Waals surface area (Å²) in [5.41, 5.74) is 1.11. The van der Waals surface area contributed by atoms with E-state index < -0.39 is 4.92 Å². The molecular formula is C11H12N2O3S. The predicted molar refractivity (Wildman–Crippen MR) is 68.9 cm³/mol. The molecule has 0 fully saturated rings. The first-order valence-electron chi connectivity index (χ1n) is 4.87. The molecule has 0 unspecified atom stereocenters. The standard InChI is InChI=1S/C11H12N2O3S/c1-8(14)9-4-3-5-10(6-9)12-11(17-2)7-13(15)16/h3-6H,7H2,1-2H3. The van der Waals surface area contributed by atoms with Crippen LogP contribution in [0.25, 0.3) is 0 Å². The number of thioether (sulfide) groups is 1. The predicted octanol–water partition coefficient (Wildman–Crippen LogP) is 2.56. The number of nitrogens with zero attached hydrogens (tertiary/aromatic N) is 2. The summed E-state index contributed by atoms with van der Waals surface area (Å²) in [6.45, 7) is 1.17. The van der Waals surface area contributed by atoms with E-state index >= 15 is 0 Å². The van der Waals surface area contributed by atoms with Crippen LogP contribution >= 0.6 is 11.8 Å². The normalized spacial score (nSPS) is 11.3. The van der Waals surface area contributed by atoms with Gasteiger partial charge in [-0.15, -0.1) is 11.8 Å². The quantitative estimate of drug-likeness (QED) is 0.271. The fourth-order valence-electron chi connectivity index (χ4n) is 1.19. The molecule has 90 valence electrons. The van der Waals surface area contributed by atoms with Crippen LogP contribution in [0.4, 0.5) is 5.69 Å². The molecule has 0 aliphatic rings. The topological polar surface area (TPSA) is 72.6 Å². The van der Waals surface area contributed by atoms with Gasteiger partial charge in [-0.3, -0.25) is 14.9 Å². The molecule has 0 aliphatic carbocycles. The van der Waals surface area contributed by atoms with E-state index in [1.54, 1.807) is 30.5 Å². The highest BCUT2D eigenvalue weighted by molar-refractivity contribution is 8.13. The van der Waals surface area contributed by atoms with Crippen LogP contribution in [0.2, 0.25) is 0 Å². The molecule has 17 heavy (non-hydrogen) atoms. The molecule has 1 aromatic rings. The van der Waals surface area contributed by atoms with Crippen LogP contribution in [0.3, 0.4) is 0 Å². The number of carbonyl (C=O) groups excluding carboxylic acids is 1. The summed E-state index contributed by atoms with van der Waals surface area (Å²) in [4.78, 5) is 25.3. The average molecular weight is 252 g/mol. The molecule has 1 aromatic carbocycles. The molecule has 0 radical (unpaired) electrons. The Kier molecular flexibility index (Phi) is 4.84. The Balaban J connectivity index is 2.99. The van der Waals surface area contributed by atoms with Crippen molar-refractivity contribution in [1.82, 2.24) is 0 Å². The first-order chi connectivity index (χ1) is 8.02. The van der Waals surface area contributed by atoms with E-state index in [1.807, 2.05) is 0 Å². The number of nitro groups is 1. The number of aliphatic imine (C=N–C) groups is 1. The lowest BCUT2D eigenvalue weighted by molar-refractivity contribution is -0.462. The molecular weight excluding hydrogens is 240 g/mol. The minimum atomic E-state index is -0.426. The van der Waals surface area contributed by atoms with Gasteiger partial charge in [0, 0.05) is 10.5 Å². The van der Waals surface area contributed by atoms with Crippen LogP contribution in [-0.2, 0) is 0 Å². The van der Waals surface area contributed by atoms with Crippen molar-refractivity contribution < 1.29 is 9.72 Å². The van der Waals surface area contributed by atoms with Crippen molar-refractivity contribution in [1.29, 1.82) is 0 Å². The van der Waals surface area contributed by atoms with Gasteiger partial charge in [-0.2, -0.15) is 0 Å². The maximum absolute atomic E-state index is 11.2. The molecule has 0 N–H and O–H groups in total. The van der Waals surface area contributed by atoms with Crippen molar-refractivity contribution in [2.45, 2.75) is 6.92 Å². The second-order valence-electron chi connectivity index (χ2n) is 3.31. The van der Waals surface area contributed by atoms with E-state index in [4.69, 9.17) is 0 Å². The van der Waals surface area contributed by atoms with E-state index in [2.05, 4.69) is 4.99 Å². The molecule has 0 atom stereocenters. The van der Waals surface area contributed by atoms with Gasteiger partial charge in [0.25, 0.3) is 6.54 Å². The molecule has 0 aliphatic heterocycles. The maximum Gasteiger partial charge on any atom is 0.251 e. The maximum atomic E-state index is 11.2. The van der Waals surface area contributed by atoms with Gasteiger partial charge in [0.2, 0.25) is 0 Å². The molecule has 0 amide bonds. The summed E-state index contributed by atoms with van der Waals surface area (Å²) in [5, 5.41) is 10.8. The summed E-state index contributed by atoms with van der Waals surface area (Å²) in [7, 11) is 0. The third kappa shape index (κ3) is 4.36. The Bertz CT molecular complexity index is 472. The van der Waals surface area contributed by atoms with E-state index in [-0.39, 0.29) is 12.3 Å². The summed E-state index contributed by atoms with van der Waals surface area (Å²) in [5.74, 6) is -0.0537. The minimum absolute atomic E-state index is 0.0537. The van der Waals surface area contributed by atoms with Crippen molar-refractivity contribution in [3.63, 3.8) is 0 Å². The number of Topliss-reactive ketones (excluding diaryl/α,β-unsaturated/α-hetero) is 1. The molecule has 0 saturated carbocycles. The second kappa shape index (κ2) is 6.15. The Morgan fingerprint density at radius 1 is 1.53 bits per heavy atom. The highest BCUT2D eigenvalue weighted by Crippen LogP contribution is 2.17. The summed E-state index contributed by atoms with van der Waals surface area (Å²) in [6, 6.07) is 6.73. The molecule has 0 spiro atoms. The van der Waals surface area contributed by atoms with Crippen molar-refractivity contribution in [3.8, 4) is 0 Å². The molecule has 5 nitrogen and oxygen atoms in total. The largest absolute Gasteiger partial charge is 0.295 e. The minimum Gasteiger partial charge on any atom is -0.295 e. The Morgan fingerprint density at radius 2 is 2.24 bits per heavy atom. The van der Waals surface area contributed by atoms with E-state index in [0.717, 1.165) is 0 Å². The highest BCUT2D eigenvalue weighted by Gasteiger charge is 2.07. The van der Waals surface area contributed by atoms with Crippen LogP contribution < -0.4 is 0 Å². The molecule has 0 aromatic heterocycles. The van der Waals surface area contributed by atoms with Gasteiger partial charge in [0.1, 0.15) is 5.04 Å². The summed E-state index contributed by atoms with van der Waals surface area (Å²) >= 11 is 1.23. The third-order valence-corrected chi connectivity index (χ3v) is 2.70. The Labute approximate surface area is 103 Å². The number of benzene rings is 1. The lowest BCUT2D eigenvalue weighted by Crippen LogP contribution is -2.09. The van der Waals surface area contributed by atoms with Gasteiger partial charge >= 0.3 is 0 Å². The van der Waals surface area contributed by atoms with Crippen molar-refractivity contribution in [3.05, 3.63) is 39.9 Å². The number of hydrogen-bond donors (Lipinski definition) is 0.